The predicted molar refractivity (Wildman–Crippen MR) is 78.0 cm³/mol. The lowest BCUT2D eigenvalue weighted by molar-refractivity contribution is 0.0485. The van der Waals surface area contributed by atoms with Crippen molar-refractivity contribution in [2.45, 2.75) is 47.0 Å². The molecule has 0 aromatic rings. The van der Waals surface area contributed by atoms with Gasteiger partial charge in [-0.15, -0.1) is 0 Å². The zero-order valence-corrected chi connectivity index (χ0v) is 13.1. The Labute approximate surface area is 114 Å². The Morgan fingerprint density at radius 2 is 1.72 bits per heavy atom. The molecule has 0 aromatic heterocycles. The van der Waals surface area contributed by atoms with E-state index >= 15 is 0 Å². The first-order valence-electron chi connectivity index (χ1n) is 7.37. The van der Waals surface area contributed by atoms with Crippen molar-refractivity contribution in [1.82, 2.24) is 5.32 Å². The quantitative estimate of drug-likeness (QED) is 0.546. The number of ether oxygens (including phenoxy) is 2. The van der Waals surface area contributed by atoms with Crippen molar-refractivity contribution in [3.05, 3.63) is 0 Å². The molecular weight excluding hydrogens is 226 g/mol. The lowest BCUT2D eigenvalue weighted by atomic mass is 9.79. The third-order valence-corrected chi connectivity index (χ3v) is 3.76. The molecule has 0 rings (SSSR count). The van der Waals surface area contributed by atoms with Crippen molar-refractivity contribution < 1.29 is 9.47 Å². The summed E-state index contributed by atoms with van der Waals surface area (Å²) in [6.45, 7) is 13.5. The van der Waals surface area contributed by atoms with E-state index in [2.05, 4.69) is 33.0 Å². The fourth-order valence-corrected chi connectivity index (χ4v) is 2.10. The maximum atomic E-state index is 5.61. The van der Waals surface area contributed by atoms with Crippen LogP contribution >= 0.6 is 0 Å². The van der Waals surface area contributed by atoms with Crippen LogP contribution in [0.5, 0.6) is 0 Å². The van der Waals surface area contributed by atoms with Gasteiger partial charge < -0.3 is 14.8 Å². The molecule has 0 aromatic carbocycles. The summed E-state index contributed by atoms with van der Waals surface area (Å²) < 4.78 is 10.6. The standard InChI is InChI=1S/C15H33NO2/c1-6-15(7-2,13-16-12-14(3)4)8-9-18-11-10-17-5/h14,16H,6-13H2,1-5H3. The molecule has 3 nitrogen and oxygen atoms in total. The lowest BCUT2D eigenvalue weighted by Gasteiger charge is -2.32. The van der Waals surface area contributed by atoms with Crippen LogP contribution < -0.4 is 5.32 Å². The van der Waals surface area contributed by atoms with Gasteiger partial charge in [-0.25, -0.2) is 0 Å². The summed E-state index contributed by atoms with van der Waals surface area (Å²) in [6, 6.07) is 0. The monoisotopic (exact) mass is 259 g/mol. The Morgan fingerprint density at radius 1 is 1.06 bits per heavy atom. The molecule has 1 N–H and O–H groups in total. The molecule has 0 heterocycles. The van der Waals surface area contributed by atoms with E-state index in [1.165, 1.54) is 12.8 Å². The van der Waals surface area contributed by atoms with E-state index in [0.29, 0.717) is 18.6 Å². The molecule has 0 amide bonds. The first-order valence-corrected chi connectivity index (χ1v) is 7.37. The second-order valence-corrected chi connectivity index (χ2v) is 5.59. The zero-order valence-electron chi connectivity index (χ0n) is 13.1. The SMILES string of the molecule is CCC(CC)(CCOCCOC)CNCC(C)C. The molecule has 0 radical (unpaired) electrons. The molecule has 0 unspecified atom stereocenters. The average Bonchev–Trinajstić information content (AvgIpc) is 2.36. The van der Waals surface area contributed by atoms with Gasteiger partial charge in [0, 0.05) is 20.3 Å². The summed E-state index contributed by atoms with van der Waals surface area (Å²) >= 11 is 0. The zero-order chi connectivity index (χ0) is 13.9. The Kier molecular flexibility index (Phi) is 10.7. The van der Waals surface area contributed by atoms with E-state index in [1.54, 1.807) is 7.11 Å². The second-order valence-electron chi connectivity index (χ2n) is 5.59. The fourth-order valence-electron chi connectivity index (χ4n) is 2.10. The summed E-state index contributed by atoms with van der Waals surface area (Å²) in [4.78, 5) is 0. The fraction of sp³-hybridized carbons (Fsp3) is 1.00. The maximum Gasteiger partial charge on any atom is 0.0700 e. The number of rotatable bonds is 12. The number of nitrogens with one attached hydrogen (secondary N) is 1. The van der Waals surface area contributed by atoms with E-state index in [1.807, 2.05) is 0 Å². The van der Waals surface area contributed by atoms with Crippen molar-refractivity contribution in [2.24, 2.45) is 11.3 Å². The molecule has 0 saturated heterocycles. The van der Waals surface area contributed by atoms with E-state index in [-0.39, 0.29) is 0 Å². The first-order chi connectivity index (χ1) is 8.60. The highest BCUT2D eigenvalue weighted by Gasteiger charge is 2.25. The summed E-state index contributed by atoms with van der Waals surface area (Å²) in [5.74, 6) is 0.717. The van der Waals surface area contributed by atoms with Gasteiger partial charge in [0.25, 0.3) is 0 Å². The molecule has 110 valence electrons. The Hall–Kier alpha value is -0.120. The topological polar surface area (TPSA) is 30.5 Å². The van der Waals surface area contributed by atoms with Crippen molar-refractivity contribution in [1.29, 1.82) is 0 Å². The highest BCUT2D eigenvalue weighted by atomic mass is 16.5. The molecule has 0 fully saturated rings. The minimum Gasteiger partial charge on any atom is -0.382 e. The minimum absolute atomic E-state index is 0.391. The van der Waals surface area contributed by atoms with E-state index in [0.717, 1.165) is 32.0 Å². The molecule has 3 heteroatoms. The van der Waals surface area contributed by atoms with Crippen LogP contribution in [-0.2, 0) is 9.47 Å². The highest BCUT2D eigenvalue weighted by molar-refractivity contribution is 4.79. The molecule has 0 saturated carbocycles. The Bertz CT molecular complexity index is 179. The van der Waals surface area contributed by atoms with Crippen LogP contribution in [0.25, 0.3) is 0 Å². The number of hydrogen-bond donors (Lipinski definition) is 1. The smallest absolute Gasteiger partial charge is 0.0700 e. The van der Waals surface area contributed by atoms with Gasteiger partial charge in [-0.1, -0.05) is 27.7 Å². The molecule has 0 bridgehead atoms. The minimum atomic E-state index is 0.391. The summed E-state index contributed by atoms with van der Waals surface area (Å²) in [5.41, 5.74) is 0.391. The van der Waals surface area contributed by atoms with Gasteiger partial charge in [0.15, 0.2) is 0 Å². The van der Waals surface area contributed by atoms with Gasteiger partial charge >= 0.3 is 0 Å². The summed E-state index contributed by atoms with van der Waals surface area (Å²) in [6.07, 6.45) is 3.55. The third kappa shape index (κ3) is 8.06. The number of methoxy groups -OCH3 is 1. The van der Waals surface area contributed by atoms with Crippen molar-refractivity contribution >= 4 is 0 Å². The molecule has 0 aliphatic carbocycles. The Balaban J connectivity index is 3.92. The van der Waals surface area contributed by atoms with Gasteiger partial charge in [-0.3, -0.25) is 0 Å². The first kappa shape index (κ1) is 17.9. The predicted octanol–water partition coefficient (Wildman–Crippen LogP) is 3.09. The molecule has 18 heavy (non-hydrogen) atoms. The van der Waals surface area contributed by atoms with Gasteiger partial charge in [-0.05, 0) is 37.1 Å². The van der Waals surface area contributed by atoms with Crippen LogP contribution in [0, 0.1) is 11.3 Å². The van der Waals surface area contributed by atoms with Crippen LogP contribution in [-0.4, -0.2) is 40.0 Å². The van der Waals surface area contributed by atoms with Crippen LogP contribution in [0.1, 0.15) is 47.0 Å². The van der Waals surface area contributed by atoms with Crippen LogP contribution in [0.15, 0.2) is 0 Å². The maximum absolute atomic E-state index is 5.61. The van der Waals surface area contributed by atoms with E-state index < -0.39 is 0 Å². The van der Waals surface area contributed by atoms with Gasteiger partial charge in [0.1, 0.15) is 0 Å². The summed E-state index contributed by atoms with van der Waals surface area (Å²) in [5, 5.41) is 3.60. The summed E-state index contributed by atoms with van der Waals surface area (Å²) in [7, 11) is 1.71. The van der Waals surface area contributed by atoms with Crippen molar-refractivity contribution in [3.8, 4) is 0 Å². The van der Waals surface area contributed by atoms with E-state index in [4.69, 9.17) is 9.47 Å². The van der Waals surface area contributed by atoms with Gasteiger partial charge in [0.2, 0.25) is 0 Å². The van der Waals surface area contributed by atoms with Crippen molar-refractivity contribution in [3.63, 3.8) is 0 Å². The van der Waals surface area contributed by atoms with Crippen molar-refractivity contribution in [2.75, 3.05) is 40.0 Å². The highest BCUT2D eigenvalue weighted by Crippen LogP contribution is 2.29. The normalized spacial score (nSPS) is 12.3. The van der Waals surface area contributed by atoms with Crippen LogP contribution in [0.2, 0.25) is 0 Å². The van der Waals surface area contributed by atoms with E-state index in [9.17, 15) is 0 Å². The van der Waals surface area contributed by atoms with Crippen LogP contribution in [0.3, 0.4) is 0 Å². The molecule has 0 aliphatic heterocycles. The molecular formula is C15H33NO2. The van der Waals surface area contributed by atoms with Gasteiger partial charge in [-0.2, -0.15) is 0 Å². The average molecular weight is 259 g/mol. The third-order valence-electron chi connectivity index (χ3n) is 3.76. The lowest BCUT2D eigenvalue weighted by Crippen LogP contribution is -2.36. The van der Waals surface area contributed by atoms with Gasteiger partial charge in [0.05, 0.1) is 13.2 Å². The molecule has 0 spiro atoms. The molecule has 0 aliphatic rings. The second kappa shape index (κ2) is 10.8. The molecule has 0 atom stereocenters. The largest absolute Gasteiger partial charge is 0.382 e. The number of hydrogen-bond acceptors (Lipinski definition) is 3. The Morgan fingerprint density at radius 3 is 2.22 bits per heavy atom. The van der Waals surface area contributed by atoms with Crippen LogP contribution in [0.4, 0.5) is 0 Å².